The van der Waals surface area contributed by atoms with Crippen LogP contribution in [0, 0.1) is 0 Å². The summed E-state index contributed by atoms with van der Waals surface area (Å²) in [4.78, 5) is 31.8. The number of carbonyl (C=O) groups is 2. The van der Waals surface area contributed by atoms with E-state index in [1.165, 1.54) is 5.56 Å². The fourth-order valence-electron chi connectivity index (χ4n) is 3.29. The zero-order valence-electron chi connectivity index (χ0n) is 16.6. The number of fused-ring (bicyclic) bond motifs is 1. The molecule has 1 aliphatic rings. The summed E-state index contributed by atoms with van der Waals surface area (Å²) in [5.74, 6) is 0.935. The van der Waals surface area contributed by atoms with E-state index in [4.69, 9.17) is 0 Å². The lowest BCUT2D eigenvalue weighted by atomic mass is 10.1. The molecule has 4 rings (SSSR count). The van der Waals surface area contributed by atoms with Gasteiger partial charge in [-0.25, -0.2) is 4.98 Å². The third-order valence-corrected chi connectivity index (χ3v) is 5.07. The standard InChI is InChI=1S/C23H26N4O2/c1-2-3-22(28)24-17-8-4-15(5-9-17)6-13-21-26-19-12-7-16(14-20(19)27-21)23(29)25-18-10-11-18/h4-5,7-9,12,14,18H,2-3,6,10-11,13H2,1H3,(H,24,28)(H,25,29)(H,26,27). The van der Waals surface area contributed by atoms with Crippen molar-refractivity contribution in [1.82, 2.24) is 15.3 Å². The van der Waals surface area contributed by atoms with Crippen molar-refractivity contribution in [1.29, 1.82) is 0 Å². The maximum Gasteiger partial charge on any atom is 0.251 e. The molecule has 3 N–H and O–H groups in total. The lowest BCUT2D eigenvalue weighted by molar-refractivity contribution is -0.116. The van der Waals surface area contributed by atoms with Gasteiger partial charge >= 0.3 is 0 Å². The minimum Gasteiger partial charge on any atom is -0.349 e. The van der Waals surface area contributed by atoms with Crippen molar-refractivity contribution in [3.63, 3.8) is 0 Å². The molecule has 6 nitrogen and oxygen atoms in total. The molecule has 2 aromatic carbocycles. The number of rotatable bonds is 8. The van der Waals surface area contributed by atoms with Gasteiger partial charge in [-0.15, -0.1) is 0 Å². The normalized spacial score (nSPS) is 13.4. The minimum absolute atomic E-state index is 0.0170. The summed E-state index contributed by atoms with van der Waals surface area (Å²) in [5, 5.41) is 5.91. The monoisotopic (exact) mass is 390 g/mol. The van der Waals surface area contributed by atoms with E-state index in [9.17, 15) is 9.59 Å². The number of benzene rings is 2. The van der Waals surface area contributed by atoms with Crippen LogP contribution in [0.25, 0.3) is 11.0 Å². The molecule has 0 aliphatic heterocycles. The first-order valence-corrected chi connectivity index (χ1v) is 10.3. The first-order chi connectivity index (χ1) is 14.1. The Hall–Kier alpha value is -3.15. The number of aromatic nitrogens is 2. The Morgan fingerprint density at radius 2 is 1.90 bits per heavy atom. The van der Waals surface area contributed by atoms with Crippen LogP contribution in [0.4, 0.5) is 5.69 Å². The van der Waals surface area contributed by atoms with Crippen LogP contribution < -0.4 is 10.6 Å². The smallest absolute Gasteiger partial charge is 0.251 e. The van der Waals surface area contributed by atoms with Crippen molar-refractivity contribution in [3.8, 4) is 0 Å². The lowest BCUT2D eigenvalue weighted by Gasteiger charge is -2.05. The van der Waals surface area contributed by atoms with E-state index in [0.717, 1.165) is 54.6 Å². The number of nitrogens with one attached hydrogen (secondary N) is 3. The lowest BCUT2D eigenvalue weighted by Crippen LogP contribution is -2.25. The molecule has 1 aliphatic carbocycles. The van der Waals surface area contributed by atoms with Crippen LogP contribution in [0.2, 0.25) is 0 Å². The molecule has 1 fully saturated rings. The third kappa shape index (κ3) is 5.02. The summed E-state index contributed by atoms with van der Waals surface area (Å²) < 4.78 is 0. The molecule has 0 unspecified atom stereocenters. The van der Waals surface area contributed by atoms with Gasteiger partial charge in [-0.2, -0.15) is 0 Å². The van der Waals surface area contributed by atoms with Gasteiger partial charge in [0.25, 0.3) is 5.91 Å². The molecular weight excluding hydrogens is 364 g/mol. The Morgan fingerprint density at radius 3 is 2.62 bits per heavy atom. The highest BCUT2D eigenvalue weighted by atomic mass is 16.2. The van der Waals surface area contributed by atoms with Crippen LogP contribution >= 0.6 is 0 Å². The topological polar surface area (TPSA) is 86.9 Å². The van der Waals surface area contributed by atoms with Gasteiger partial charge in [0.15, 0.2) is 0 Å². The zero-order valence-corrected chi connectivity index (χ0v) is 16.6. The average molecular weight is 390 g/mol. The molecule has 0 radical (unpaired) electrons. The highest BCUT2D eigenvalue weighted by molar-refractivity contribution is 5.97. The molecule has 150 valence electrons. The van der Waals surface area contributed by atoms with E-state index in [2.05, 4.69) is 20.6 Å². The number of amides is 2. The minimum atomic E-state index is -0.0170. The van der Waals surface area contributed by atoms with Gasteiger partial charge in [0, 0.05) is 30.1 Å². The summed E-state index contributed by atoms with van der Waals surface area (Å²) in [7, 11) is 0. The predicted molar refractivity (Wildman–Crippen MR) is 114 cm³/mol. The molecule has 0 atom stereocenters. The van der Waals surface area contributed by atoms with Crippen LogP contribution in [-0.4, -0.2) is 27.8 Å². The van der Waals surface area contributed by atoms with Crippen molar-refractivity contribution < 1.29 is 9.59 Å². The summed E-state index contributed by atoms with van der Waals surface area (Å²) in [6, 6.07) is 13.9. The van der Waals surface area contributed by atoms with Crippen molar-refractivity contribution >= 4 is 28.5 Å². The van der Waals surface area contributed by atoms with E-state index in [1.54, 1.807) is 0 Å². The molecule has 1 aromatic heterocycles. The largest absolute Gasteiger partial charge is 0.349 e. The Bertz CT molecular complexity index is 1020. The number of aromatic amines is 1. The number of anilines is 1. The van der Waals surface area contributed by atoms with Crippen molar-refractivity contribution in [2.24, 2.45) is 0 Å². The van der Waals surface area contributed by atoms with Gasteiger partial charge in [0.1, 0.15) is 5.82 Å². The second-order valence-electron chi connectivity index (χ2n) is 7.66. The fourth-order valence-corrected chi connectivity index (χ4v) is 3.29. The Balaban J connectivity index is 1.36. The number of carbonyl (C=O) groups excluding carboxylic acids is 2. The van der Waals surface area contributed by atoms with Gasteiger partial charge < -0.3 is 15.6 Å². The van der Waals surface area contributed by atoms with Crippen molar-refractivity contribution in [2.45, 2.75) is 51.5 Å². The summed E-state index contributed by atoms with van der Waals surface area (Å²) in [5.41, 5.74) is 4.44. The molecule has 3 aromatic rings. The molecule has 0 saturated heterocycles. The number of aryl methyl sites for hydroxylation is 2. The summed E-state index contributed by atoms with van der Waals surface area (Å²) >= 11 is 0. The third-order valence-electron chi connectivity index (χ3n) is 5.07. The van der Waals surface area contributed by atoms with E-state index in [1.807, 2.05) is 49.4 Å². The van der Waals surface area contributed by atoms with E-state index >= 15 is 0 Å². The van der Waals surface area contributed by atoms with E-state index in [-0.39, 0.29) is 11.8 Å². The zero-order chi connectivity index (χ0) is 20.2. The van der Waals surface area contributed by atoms with Gasteiger partial charge in [-0.05, 0) is 61.6 Å². The molecule has 6 heteroatoms. The van der Waals surface area contributed by atoms with Gasteiger partial charge in [-0.3, -0.25) is 9.59 Å². The SMILES string of the molecule is CCCC(=O)Nc1ccc(CCc2nc3ccc(C(=O)NC4CC4)cc3[nH]2)cc1. The van der Waals surface area contributed by atoms with Crippen molar-refractivity contribution in [3.05, 3.63) is 59.4 Å². The molecular formula is C23H26N4O2. The molecule has 1 saturated carbocycles. The Labute approximate surface area is 170 Å². The number of H-pyrrole nitrogens is 1. The van der Waals surface area contributed by atoms with E-state index in [0.29, 0.717) is 18.0 Å². The summed E-state index contributed by atoms with van der Waals surface area (Å²) in [6.07, 6.45) is 5.16. The number of hydrogen-bond donors (Lipinski definition) is 3. The first kappa shape index (κ1) is 19.2. The average Bonchev–Trinajstić information content (AvgIpc) is 3.43. The molecule has 1 heterocycles. The highest BCUT2D eigenvalue weighted by Gasteiger charge is 2.23. The van der Waals surface area contributed by atoms with Gasteiger partial charge in [0.2, 0.25) is 5.91 Å². The van der Waals surface area contributed by atoms with Gasteiger partial charge in [-0.1, -0.05) is 19.1 Å². The first-order valence-electron chi connectivity index (χ1n) is 10.3. The van der Waals surface area contributed by atoms with Crippen molar-refractivity contribution in [2.75, 3.05) is 5.32 Å². The molecule has 0 bridgehead atoms. The number of hydrogen-bond acceptors (Lipinski definition) is 3. The Kier molecular flexibility index (Phi) is 5.60. The van der Waals surface area contributed by atoms with Crippen LogP contribution in [0.1, 0.15) is 54.4 Å². The quantitative estimate of drug-likeness (QED) is 0.544. The second kappa shape index (κ2) is 8.47. The van der Waals surface area contributed by atoms with Crippen LogP contribution in [0.5, 0.6) is 0 Å². The maximum atomic E-state index is 12.2. The van der Waals surface area contributed by atoms with E-state index < -0.39 is 0 Å². The van der Waals surface area contributed by atoms with Crippen LogP contribution in [-0.2, 0) is 17.6 Å². The number of nitrogens with zero attached hydrogens (tertiary/aromatic N) is 1. The summed E-state index contributed by atoms with van der Waals surface area (Å²) in [6.45, 7) is 1.99. The molecule has 0 spiro atoms. The number of imidazole rings is 1. The highest BCUT2D eigenvalue weighted by Crippen LogP contribution is 2.21. The fraction of sp³-hybridized carbons (Fsp3) is 0.348. The van der Waals surface area contributed by atoms with Crippen LogP contribution in [0.3, 0.4) is 0 Å². The molecule has 2 amide bonds. The Morgan fingerprint density at radius 1 is 1.10 bits per heavy atom. The predicted octanol–water partition coefficient (Wildman–Crippen LogP) is 3.98. The second-order valence-corrected chi connectivity index (χ2v) is 7.66. The van der Waals surface area contributed by atoms with Crippen LogP contribution in [0.15, 0.2) is 42.5 Å². The van der Waals surface area contributed by atoms with Gasteiger partial charge in [0.05, 0.1) is 11.0 Å². The molecule has 29 heavy (non-hydrogen) atoms. The maximum absolute atomic E-state index is 12.2.